The quantitative estimate of drug-likeness (QED) is 0.680. The van der Waals surface area contributed by atoms with Crippen LogP contribution in [0.15, 0.2) is 24.3 Å². The van der Waals surface area contributed by atoms with E-state index in [0.717, 1.165) is 0 Å². The Kier molecular flexibility index (Phi) is 2.28. The Morgan fingerprint density at radius 1 is 1.07 bits per heavy atom. The molecule has 0 radical (unpaired) electrons. The highest BCUT2D eigenvalue weighted by Gasteiger charge is 2.36. The van der Waals surface area contributed by atoms with Crippen molar-refractivity contribution < 1.29 is 0 Å². The predicted molar refractivity (Wildman–Crippen MR) is 63.2 cm³/mol. The van der Waals surface area contributed by atoms with E-state index in [-0.39, 0.29) is 0 Å². The fraction of sp³-hybridized carbons (Fsp3) is 0.571. The minimum atomic E-state index is 0.479. The van der Waals surface area contributed by atoms with Gasteiger partial charge >= 0.3 is 0 Å². The van der Waals surface area contributed by atoms with Crippen LogP contribution in [-0.4, -0.2) is 13.1 Å². The first-order valence-electron chi connectivity index (χ1n) is 6.20. The number of hydrogen-bond donors (Lipinski definition) is 1. The van der Waals surface area contributed by atoms with Crippen molar-refractivity contribution in [3.8, 4) is 0 Å². The molecule has 1 spiro atoms. The highest BCUT2D eigenvalue weighted by atomic mass is 14.9. The standard InChI is InChI=1S/C14H19N/c1-2-7-13-12(5-1)6-3-8-14(13)9-4-10-15-11-14/h1-2,5,7,15H,3-4,6,8-11H2/t14-/m1/s1. The molecular weight excluding hydrogens is 182 g/mol. The molecule has 1 aliphatic heterocycles. The number of aryl methyl sites for hydroxylation is 1. The molecule has 80 valence electrons. The first-order chi connectivity index (χ1) is 7.41. The summed E-state index contributed by atoms with van der Waals surface area (Å²) in [5.41, 5.74) is 3.73. The fourth-order valence-corrected chi connectivity index (χ4v) is 3.42. The molecule has 1 nitrogen and oxygen atoms in total. The van der Waals surface area contributed by atoms with Gasteiger partial charge < -0.3 is 5.32 Å². The molecule has 0 amide bonds. The van der Waals surface area contributed by atoms with Gasteiger partial charge in [-0.2, -0.15) is 0 Å². The minimum absolute atomic E-state index is 0.479. The second-order valence-electron chi connectivity index (χ2n) is 5.07. The van der Waals surface area contributed by atoms with Crippen LogP contribution < -0.4 is 5.32 Å². The van der Waals surface area contributed by atoms with Gasteiger partial charge in [0.1, 0.15) is 0 Å². The van der Waals surface area contributed by atoms with Gasteiger partial charge in [-0.25, -0.2) is 0 Å². The smallest absolute Gasteiger partial charge is 0.00810 e. The van der Waals surface area contributed by atoms with Crippen LogP contribution in [0.2, 0.25) is 0 Å². The molecule has 1 fully saturated rings. The predicted octanol–water partition coefficient (Wildman–Crippen LogP) is 2.64. The molecule has 15 heavy (non-hydrogen) atoms. The van der Waals surface area contributed by atoms with Crippen molar-refractivity contribution in [3.63, 3.8) is 0 Å². The molecule has 3 rings (SSSR count). The molecule has 1 heteroatoms. The van der Waals surface area contributed by atoms with Crippen LogP contribution in [0, 0.1) is 0 Å². The molecule has 1 aromatic rings. The van der Waals surface area contributed by atoms with Crippen molar-refractivity contribution in [2.75, 3.05) is 13.1 Å². The Morgan fingerprint density at radius 2 is 1.93 bits per heavy atom. The van der Waals surface area contributed by atoms with E-state index in [1.807, 2.05) is 0 Å². The number of nitrogens with one attached hydrogen (secondary N) is 1. The van der Waals surface area contributed by atoms with E-state index in [0.29, 0.717) is 5.41 Å². The Morgan fingerprint density at radius 3 is 2.80 bits per heavy atom. The molecule has 1 aliphatic carbocycles. The molecule has 1 aromatic carbocycles. The summed E-state index contributed by atoms with van der Waals surface area (Å²) in [6.07, 6.45) is 6.78. The van der Waals surface area contributed by atoms with E-state index in [1.54, 1.807) is 11.1 Å². The van der Waals surface area contributed by atoms with Gasteiger partial charge in [0.2, 0.25) is 0 Å². The highest BCUT2D eigenvalue weighted by molar-refractivity contribution is 5.37. The Bertz CT molecular complexity index is 350. The third-order valence-electron chi connectivity index (χ3n) is 4.16. The average molecular weight is 201 g/mol. The van der Waals surface area contributed by atoms with Crippen molar-refractivity contribution in [2.45, 2.75) is 37.5 Å². The lowest BCUT2D eigenvalue weighted by Gasteiger charge is -2.42. The summed E-state index contributed by atoms with van der Waals surface area (Å²) in [7, 11) is 0. The second kappa shape index (κ2) is 3.64. The van der Waals surface area contributed by atoms with Crippen molar-refractivity contribution in [1.29, 1.82) is 0 Å². The molecule has 1 N–H and O–H groups in total. The number of benzene rings is 1. The van der Waals surface area contributed by atoms with Crippen LogP contribution in [0.1, 0.15) is 36.8 Å². The van der Waals surface area contributed by atoms with Gasteiger partial charge in [-0.05, 0) is 49.8 Å². The van der Waals surface area contributed by atoms with Gasteiger partial charge in [-0.3, -0.25) is 0 Å². The summed E-state index contributed by atoms with van der Waals surface area (Å²) in [4.78, 5) is 0. The van der Waals surface area contributed by atoms with Gasteiger partial charge in [-0.1, -0.05) is 24.3 Å². The van der Waals surface area contributed by atoms with E-state index in [2.05, 4.69) is 29.6 Å². The van der Waals surface area contributed by atoms with Gasteiger partial charge in [0, 0.05) is 12.0 Å². The van der Waals surface area contributed by atoms with Gasteiger partial charge in [0.15, 0.2) is 0 Å². The van der Waals surface area contributed by atoms with Crippen molar-refractivity contribution in [3.05, 3.63) is 35.4 Å². The summed E-state index contributed by atoms with van der Waals surface area (Å²) in [5.74, 6) is 0. The Labute approximate surface area is 91.9 Å². The number of rotatable bonds is 0. The van der Waals surface area contributed by atoms with Crippen LogP contribution in [-0.2, 0) is 11.8 Å². The number of piperidine rings is 1. The van der Waals surface area contributed by atoms with Crippen LogP contribution >= 0.6 is 0 Å². The third-order valence-corrected chi connectivity index (χ3v) is 4.16. The van der Waals surface area contributed by atoms with E-state index in [4.69, 9.17) is 0 Å². The van der Waals surface area contributed by atoms with Crippen LogP contribution in [0.3, 0.4) is 0 Å². The zero-order chi connectivity index (χ0) is 10.1. The maximum absolute atomic E-state index is 3.59. The molecule has 0 aromatic heterocycles. The van der Waals surface area contributed by atoms with E-state index in [1.165, 1.54) is 45.2 Å². The topological polar surface area (TPSA) is 12.0 Å². The third kappa shape index (κ3) is 1.50. The van der Waals surface area contributed by atoms with E-state index in [9.17, 15) is 0 Å². The lowest BCUT2D eigenvalue weighted by molar-refractivity contribution is 0.273. The minimum Gasteiger partial charge on any atom is -0.316 e. The van der Waals surface area contributed by atoms with Crippen LogP contribution in [0.4, 0.5) is 0 Å². The first kappa shape index (κ1) is 9.41. The maximum atomic E-state index is 3.59. The molecule has 0 bridgehead atoms. The maximum Gasteiger partial charge on any atom is 0.00810 e. The van der Waals surface area contributed by atoms with Crippen LogP contribution in [0.5, 0.6) is 0 Å². The average Bonchev–Trinajstić information content (AvgIpc) is 2.31. The molecule has 1 atom stereocenters. The molecular formula is C14H19N. The highest BCUT2D eigenvalue weighted by Crippen LogP contribution is 2.41. The molecule has 0 saturated carbocycles. The van der Waals surface area contributed by atoms with Gasteiger partial charge in [0.05, 0.1) is 0 Å². The lowest BCUT2D eigenvalue weighted by Crippen LogP contribution is -2.45. The fourth-order valence-electron chi connectivity index (χ4n) is 3.42. The summed E-state index contributed by atoms with van der Waals surface area (Å²) < 4.78 is 0. The van der Waals surface area contributed by atoms with Gasteiger partial charge in [0.25, 0.3) is 0 Å². The molecule has 1 saturated heterocycles. The zero-order valence-corrected chi connectivity index (χ0v) is 9.26. The first-order valence-corrected chi connectivity index (χ1v) is 6.20. The monoisotopic (exact) mass is 201 g/mol. The van der Waals surface area contributed by atoms with Gasteiger partial charge in [-0.15, -0.1) is 0 Å². The Hall–Kier alpha value is -0.820. The zero-order valence-electron chi connectivity index (χ0n) is 9.26. The summed E-state index contributed by atoms with van der Waals surface area (Å²) in [6.45, 7) is 2.41. The van der Waals surface area contributed by atoms with E-state index < -0.39 is 0 Å². The number of fused-ring (bicyclic) bond motifs is 2. The van der Waals surface area contributed by atoms with Crippen molar-refractivity contribution in [1.82, 2.24) is 5.32 Å². The lowest BCUT2D eigenvalue weighted by atomic mass is 9.66. The van der Waals surface area contributed by atoms with Crippen molar-refractivity contribution >= 4 is 0 Å². The second-order valence-corrected chi connectivity index (χ2v) is 5.07. The Balaban J connectivity index is 2.04. The SMILES string of the molecule is c1ccc2c(c1)CCC[C@]21CCCNC1. The number of hydrogen-bond acceptors (Lipinski definition) is 1. The van der Waals surface area contributed by atoms with E-state index >= 15 is 0 Å². The summed E-state index contributed by atoms with van der Waals surface area (Å²) in [6, 6.07) is 9.08. The molecule has 1 heterocycles. The molecule has 0 unspecified atom stereocenters. The summed E-state index contributed by atoms with van der Waals surface area (Å²) >= 11 is 0. The largest absolute Gasteiger partial charge is 0.316 e. The van der Waals surface area contributed by atoms with Crippen molar-refractivity contribution in [2.24, 2.45) is 0 Å². The van der Waals surface area contributed by atoms with Crippen LogP contribution in [0.25, 0.3) is 0 Å². The molecule has 2 aliphatic rings. The normalized spacial score (nSPS) is 30.1. The summed E-state index contributed by atoms with van der Waals surface area (Å²) in [5, 5.41) is 3.59.